The Morgan fingerprint density at radius 3 is 2.08 bits per heavy atom. The summed E-state index contributed by atoms with van der Waals surface area (Å²) in [5.74, 6) is 0.135. The first-order chi connectivity index (χ1) is 11.9. The highest BCUT2D eigenvalue weighted by molar-refractivity contribution is 5.81. The first-order valence-electron chi connectivity index (χ1n) is 8.73. The lowest BCUT2D eigenvalue weighted by Gasteiger charge is -2.24. The summed E-state index contributed by atoms with van der Waals surface area (Å²) in [7, 11) is 0. The van der Waals surface area contributed by atoms with Gasteiger partial charge in [0.1, 0.15) is 0 Å². The Labute approximate surface area is 148 Å². The lowest BCUT2D eigenvalue weighted by Crippen LogP contribution is -2.27. The quantitative estimate of drug-likeness (QED) is 0.327. The summed E-state index contributed by atoms with van der Waals surface area (Å²) in [5.41, 5.74) is -0.0827. The molecule has 0 spiro atoms. The van der Waals surface area contributed by atoms with E-state index >= 15 is 0 Å². The van der Waals surface area contributed by atoms with E-state index in [1.807, 2.05) is 20.8 Å². The molecule has 140 valence electrons. The summed E-state index contributed by atoms with van der Waals surface area (Å²) in [6.45, 7) is 8.84. The summed E-state index contributed by atoms with van der Waals surface area (Å²) < 4.78 is 5.66. The zero-order valence-electron chi connectivity index (χ0n) is 15.4. The van der Waals surface area contributed by atoms with Crippen molar-refractivity contribution < 1.29 is 14.6 Å². The van der Waals surface area contributed by atoms with Gasteiger partial charge in [-0.2, -0.15) is 0 Å². The third-order valence-corrected chi connectivity index (χ3v) is 3.82. The van der Waals surface area contributed by atoms with Crippen LogP contribution in [0.25, 0.3) is 0 Å². The van der Waals surface area contributed by atoms with E-state index in [0.29, 0.717) is 25.3 Å². The summed E-state index contributed by atoms with van der Waals surface area (Å²) >= 11 is 0. The fourth-order valence-corrected chi connectivity index (χ4v) is 2.75. The molecule has 0 bridgehead atoms. The van der Waals surface area contributed by atoms with Crippen molar-refractivity contribution in [3.8, 4) is 5.75 Å². The molecule has 8 heteroatoms. The van der Waals surface area contributed by atoms with Gasteiger partial charge in [0.15, 0.2) is 5.69 Å². The molecule has 0 saturated heterocycles. The SMILES string of the molecule is CCCCOc1c(C)cc([N+](=O)[O-])c(N(CCC)CCC)c1[N+](=O)[O-]. The number of rotatable bonds is 11. The number of nitro benzene ring substituents is 2. The fourth-order valence-electron chi connectivity index (χ4n) is 2.75. The number of hydrogen-bond acceptors (Lipinski definition) is 6. The summed E-state index contributed by atoms with van der Waals surface area (Å²) in [4.78, 5) is 24.0. The molecule has 1 rings (SSSR count). The minimum absolute atomic E-state index is 0.0517. The van der Waals surface area contributed by atoms with Crippen LogP contribution in [0.1, 0.15) is 52.0 Å². The molecular formula is C17H27N3O5. The molecule has 8 nitrogen and oxygen atoms in total. The van der Waals surface area contributed by atoms with Crippen molar-refractivity contribution in [2.45, 2.75) is 53.4 Å². The lowest BCUT2D eigenvalue weighted by molar-refractivity contribution is -0.393. The zero-order chi connectivity index (χ0) is 19.0. The third kappa shape index (κ3) is 5.04. The maximum atomic E-state index is 11.8. The van der Waals surface area contributed by atoms with E-state index in [1.54, 1.807) is 11.8 Å². The molecule has 0 radical (unpaired) electrons. The maximum Gasteiger partial charge on any atom is 0.341 e. The second-order valence-corrected chi connectivity index (χ2v) is 5.94. The number of aryl methyl sites for hydroxylation is 1. The van der Waals surface area contributed by atoms with Gasteiger partial charge in [-0.05, 0) is 26.2 Å². The number of hydrogen-bond donors (Lipinski definition) is 0. The molecule has 0 saturated carbocycles. The smallest absolute Gasteiger partial charge is 0.341 e. The fraction of sp³-hybridized carbons (Fsp3) is 0.647. The number of benzene rings is 1. The Morgan fingerprint density at radius 1 is 1.04 bits per heavy atom. The second-order valence-electron chi connectivity index (χ2n) is 5.94. The van der Waals surface area contributed by atoms with Gasteiger partial charge in [0, 0.05) is 24.7 Å². The molecule has 0 fully saturated rings. The molecule has 0 aromatic heterocycles. The van der Waals surface area contributed by atoms with Gasteiger partial charge in [0.25, 0.3) is 5.69 Å². The van der Waals surface area contributed by atoms with Crippen LogP contribution >= 0.6 is 0 Å². The topological polar surface area (TPSA) is 98.8 Å². The van der Waals surface area contributed by atoms with Crippen LogP contribution in [0, 0.1) is 27.2 Å². The first kappa shape index (κ1) is 20.7. The third-order valence-electron chi connectivity index (χ3n) is 3.82. The normalized spacial score (nSPS) is 10.6. The molecular weight excluding hydrogens is 326 g/mol. The van der Waals surface area contributed by atoms with Crippen molar-refractivity contribution in [3.05, 3.63) is 31.9 Å². The van der Waals surface area contributed by atoms with Gasteiger partial charge in [-0.25, -0.2) is 0 Å². The molecule has 0 aliphatic carbocycles. The Morgan fingerprint density at radius 2 is 1.64 bits per heavy atom. The Kier molecular flexibility index (Phi) is 8.10. The maximum absolute atomic E-state index is 11.8. The highest BCUT2D eigenvalue weighted by atomic mass is 16.6. The Bertz CT molecular complexity index is 613. The van der Waals surface area contributed by atoms with Crippen LogP contribution in [0.5, 0.6) is 5.75 Å². The van der Waals surface area contributed by atoms with Crippen molar-refractivity contribution in [1.29, 1.82) is 0 Å². The summed E-state index contributed by atoms with van der Waals surface area (Å²) in [6.07, 6.45) is 3.11. The number of nitrogens with zero attached hydrogens (tertiary/aromatic N) is 3. The van der Waals surface area contributed by atoms with Crippen molar-refractivity contribution in [2.75, 3.05) is 24.6 Å². The highest BCUT2D eigenvalue weighted by Gasteiger charge is 2.35. The van der Waals surface area contributed by atoms with Gasteiger partial charge < -0.3 is 9.64 Å². The van der Waals surface area contributed by atoms with Crippen LogP contribution in [0.3, 0.4) is 0 Å². The zero-order valence-corrected chi connectivity index (χ0v) is 15.4. The predicted molar refractivity (Wildman–Crippen MR) is 97.7 cm³/mol. The van der Waals surface area contributed by atoms with Crippen molar-refractivity contribution in [2.24, 2.45) is 0 Å². The molecule has 0 aliphatic rings. The predicted octanol–water partition coefficient (Wildman–Crippen LogP) is 4.62. The van der Waals surface area contributed by atoms with E-state index in [-0.39, 0.29) is 22.8 Å². The van der Waals surface area contributed by atoms with E-state index in [2.05, 4.69) is 0 Å². The van der Waals surface area contributed by atoms with Crippen LogP contribution in [0.15, 0.2) is 6.07 Å². The minimum atomic E-state index is -0.561. The van der Waals surface area contributed by atoms with Crippen LogP contribution in [0.4, 0.5) is 17.1 Å². The molecule has 0 aliphatic heterocycles. The molecule has 25 heavy (non-hydrogen) atoms. The van der Waals surface area contributed by atoms with Crippen LogP contribution < -0.4 is 9.64 Å². The van der Waals surface area contributed by atoms with E-state index in [0.717, 1.165) is 25.7 Å². The van der Waals surface area contributed by atoms with Crippen molar-refractivity contribution in [3.63, 3.8) is 0 Å². The van der Waals surface area contributed by atoms with Gasteiger partial charge in [0.05, 0.1) is 16.5 Å². The standard InChI is InChI=1S/C17H27N3O5/c1-5-8-11-25-17-13(4)12-14(19(21)22)15(16(17)20(23)24)18(9-6-2)10-7-3/h12H,5-11H2,1-4H3. The molecule has 0 N–H and O–H groups in total. The molecule has 0 unspecified atom stereocenters. The average Bonchev–Trinajstić information content (AvgIpc) is 2.55. The van der Waals surface area contributed by atoms with Gasteiger partial charge in [-0.3, -0.25) is 20.2 Å². The van der Waals surface area contributed by atoms with Gasteiger partial charge >= 0.3 is 5.69 Å². The Hall–Kier alpha value is -2.38. The number of unbranched alkanes of at least 4 members (excludes halogenated alkanes) is 1. The van der Waals surface area contributed by atoms with Gasteiger partial charge in [0.2, 0.25) is 5.75 Å². The van der Waals surface area contributed by atoms with Crippen LogP contribution in [0.2, 0.25) is 0 Å². The van der Waals surface area contributed by atoms with Crippen LogP contribution in [-0.4, -0.2) is 29.5 Å². The molecule has 0 atom stereocenters. The van der Waals surface area contributed by atoms with Gasteiger partial charge in [-0.15, -0.1) is 0 Å². The number of nitro groups is 2. The van der Waals surface area contributed by atoms with Crippen LogP contribution in [-0.2, 0) is 0 Å². The average molecular weight is 353 g/mol. The molecule has 1 aromatic rings. The molecule has 0 heterocycles. The number of anilines is 1. The monoisotopic (exact) mass is 353 g/mol. The number of ether oxygens (including phenoxy) is 1. The highest BCUT2D eigenvalue weighted by Crippen LogP contribution is 2.46. The van der Waals surface area contributed by atoms with Crippen molar-refractivity contribution in [1.82, 2.24) is 0 Å². The summed E-state index contributed by atoms with van der Waals surface area (Å²) in [6, 6.07) is 1.38. The Balaban J connectivity index is 3.63. The van der Waals surface area contributed by atoms with E-state index < -0.39 is 9.85 Å². The summed E-state index contributed by atoms with van der Waals surface area (Å²) in [5, 5.41) is 23.3. The lowest BCUT2D eigenvalue weighted by atomic mass is 10.1. The largest absolute Gasteiger partial charge is 0.487 e. The first-order valence-corrected chi connectivity index (χ1v) is 8.73. The van der Waals surface area contributed by atoms with E-state index in [9.17, 15) is 20.2 Å². The van der Waals surface area contributed by atoms with E-state index in [1.165, 1.54) is 6.07 Å². The van der Waals surface area contributed by atoms with Crippen molar-refractivity contribution >= 4 is 17.1 Å². The molecule has 1 aromatic carbocycles. The van der Waals surface area contributed by atoms with Gasteiger partial charge in [-0.1, -0.05) is 27.2 Å². The van der Waals surface area contributed by atoms with E-state index in [4.69, 9.17) is 4.74 Å². The minimum Gasteiger partial charge on any atom is -0.487 e. The molecule has 0 amide bonds. The second kappa shape index (κ2) is 9.80.